The molecule has 0 bridgehead atoms. The van der Waals surface area contributed by atoms with E-state index >= 15 is 0 Å². The van der Waals surface area contributed by atoms with E-state index in [2.05, 4.69) is 8.37 Å². The van der Waals surface area contributed by atoms with Gasteiger partial charge in [-0.1, -0.05) is 32.9 Å². The summed E-state index contributed by atoms with van der Waals surface area (Å²) in [5.41, 5.74) is 0.810. The Bertz CT molecular complexity index is 647. The first kappa shape index (κ1) is 11.0. The zero-order chi connectivity index (χ0) is 21.1. The van der Waals surface area contributed by atoms with Gasteiger partial charge in [0.15, 0.2) is 0 Å². The van der Waals surface area contributed by atoms with E-state index in [0.717, 1.165) is 5.56 Å². The predicted octanol–water partition coefficient (Wildman–Crippen LogP) is 3.60. The van der Waals surface area contributed by atoms with Gasteiger partial charge in [-0.05, 0) is 30.0 Å². The van der Waals surface area contributed by atoms with Gasteiger partial charge >= 0.3 is 11.4 Å². The van der Waals surface area contributed by atoms with Gasteiger partial charge < -0.3 is 4.74 Å². The zero-order valence-electron chi connectivity index (χ0n) is 18.1. The summed E-state index contributed by atoms with van der Waals surface area (Å²) in [5, 5.41) is 0. The first-order valence-corrected chi connectivity index (χ1v) is 7.77. The molecule has 0 aliphatic heterocycles. The molecule has 6 heteroatoms. The van der Waals surface area contributed by atoms with Crippen LogP contribution in [0, 0.1) is 0 Å². The summed E-state index contributed by atoms with van der Waals surface area (Å²) in [4.78, 5) is 0. The fourth-order valence-corrected chi connectivity index (χ4v) is 1.94. The lowest BCUT2D eigenvalue weighted by atomic mass is 9.87. The SMILES string of the molecule is [2H]C([2H])([2H])C([2H])(OS(=O)OCCCl)C([2H])([2H])Oc1ccc(C(C)(C)C)cc1. The minimum absolute atomic E-state index is 0.00932. The second-order valence-electron chi connectivity index (χ2n) is 5.11. The molecule has 0 heterocycles. The van der Waals surface area contributed by atoms with E-state index in [9.17, 15) is 4.21 Å². The molecule has 1 aromatic carbocycles. The third kappa shape index (κ3) is 7.27. The van der Waals surface area contributed by atoms with E-state index in [1.54, 1.807) is 12.1 Å². The summed E-state index contributed by atoms with van der Waals surface area (Å²) >= 11 is 2.67. The highest BCUT2D eigenvalue weighted by molar-refractivity contribution is 7.75. The predicted molar refractivity (Wildman–Crippen MR) is 86.0 cm³/mol. The van der Waals surface area contributed by atoms with Crippen molar-refractivity contribution in [2.45, 2.75) is 39.1 Å². The first-order chi connectivity index (χ1) is 12.1. The van der Waals surface area contributed by atoms with Crippen molar-refractivity contribution in [3.8, 4) is 5.75 Å². The van der Waals surface area contributed by atoms with Gasteiger partial charge in [-0.3, -0.25) is 8.37 Å². The Morgan fingerprint density at radius 2 is 2.10 bits per heavy atom. The summed E-state index contributed by atoms with van der Waals surface area (Å²) < 4.78 is 72.5. The van der Waals surface area contributed by atoms with E-state index in [0.29, 0.717) is 0 Å². The lowest BCUT2D eigenvalue weighted by Crippen LogP contribution is -2.20. The molecule has 2 unspecified atom stereocenters. The van der Waals surface area contributed by atoms with Gasteiger partial charge in [-0.2, -0.15) is 4.21 Å². The van der Waals surface area contributed by atoms with E-state index in [-0.39, 0.29) is 23.7 Å². The first-order valence-electron chi connectivity index (χ1n) is 9.24. The molecule has 0 fully saturated rings. The molecule has 0 amide bonds. The smallest absolute Gasteiger partial charge is 0.305 e. The standard InChI is InChI=1S/C15H23ClO4S/c1-12(20-21(17)19-10-9-16)11-18-14-7-5-13(6-8-14)15(2,3)4/h5-8,12H,9-11H2,1-4H3/i1D3,11D2,12D. The fourth-order valence-electron chi connectivity index (χ4n) is 1.34. The van der Waals surface area contributed by atoms with Crippen molar-refractivity contribution in [1.82, 2.24) is 0 Å². The molecule has 2 atom stereocenters. The quantitative estimate of drug-likeness (QED) is 0.678. The lowest BCUT2D eigenvalue weighted by molar-refractivity contribution is 0.137. The summed E-state index contributed by atoms with van der Waals surface area (Å²) in [7, 11) is 0. The van der Waals surface area contributed by atoms with Crippen LogP contribution in [0.3, 0.4) is 0 Å². The van der Waals surface area contributed by atoms with Crippen LogP contribution in [0.5, 0.6) is 5.75 Å². The highest BCUT2D eigenvalue weighted by Gasteiger charge is 2.14. The van der Waals surface area contributed by atoms with Gasteiger partial charge in [0.1, 0.15) is 18.4 Å². The van der Waals surface area contributed by atoms with Gasteiger partial charge in [0, 0.05) is 9.99 Å². The van der Waals surface area contributed by atoms with Gasteiger partial charge in [0.2, 0.25) is 0 Å². The van der Waals surface area contributed by atoms with Crippen molar-refractivity contribution in [3.05, 3.63) is 29.8 Å². The molecular weight excluding hydrogens is 312 g/mol. The van der Waals surface area contributed by atoms with Crippen LogP contribution in [0.15, 0.2) is 24.3 Å². The molecule has 0 saturated heterocycles. The molecule has 21 heavy (non-hydrogen) atoms. The van der Waals surface area contributed by atoms with Gasteiger partial charge in [0.25, 0.3) is 0 Å². The normalized spacial score (nSPS) is 21.7. The summed E-state index contributed by atoms with van der Waals surface area (Å²) in [6.45, 7) is -0.756. The highest BCUT2D eigenvalue weighted by atomic mass is 35.5. The minimum Gasteiger partial charge on any atom is -0.491 e. The number of benzene rings is 1. The van der Waals surface area contributed by atoms with Crippen LogP contribution in [-0.2, 0) is 25.1 Å². The molecule has 4 nitrogen and oxygen atoms in total. The number of hydrogen-bond donors (Lipinski definition) is 0. The Hall–Kier alpha value is -0.620. The van der Waals surface area contributed by atoms with Crippen LogP contribution < -0.4 is 4.74 Å². The molecule has 120 valence electrons. The molecule has 0 N–H and O–H groups in total. The third-order valence-electron chi connectivity index (χ3n) is 2.39. The second kappa shape index (κ2) is 8.73. The van der Waals surface area contributed by atoms with Gasteiger partial charge in [-0.15, -0.1) is 11.6 Å². The van der Waals surface area contributed by atoms with Crippen LogP contribution in [0.4, 0.5) is 0 Å². The van der Waals surface area contributed by atoms with Crippen molar-refractivity contribution in [2.24, 2.45) is 0 Å². The second-order valence-corrected chi connectivity index (χ2v) is 6.29. The molecule has 0 radical (unpaired) electrons. The van der Waals surface area contributed by atoms with E-state index in [4.69, 9.17) is 24.6 Å². The number of alkyl halides is 1. The van der Waals surface area contributed by atoms with Crippen LogP contribution in [0.1, 0.15) is 41.4 Å². The van der Waals surface area contributed by atoms with Gasteiger partial charge in [0.05, 0.1) is 10.7 Å². The maximum Gasteiger partial charge on any atom is 0.305 e. The largest absolute Gasteiger partial charge is 0.491 e. The average Bonchev–Trinajstić information content (AvgIpc) is 2.50. The van der Waals surface area contributed by atoms with Crippen molar-refractivity contribution in [2.75, 3.05) is 19.0 Å². The van der Waals surface area contributed by atoms with Crippen molar-refractivity contribution in [3.63, 3.8) is 0 Å². The summed E-state index contributed by atoms with van der Waals surface area (Å²) in [5.74, 6) is -0.0536. The number of hydrogen-bond acceptors (Lipinski definition) is 4. The average molecular weight is 341 g/mol. The molecule has 0 aromatic heterocycles. The Balaban J connectivity index is 3.11. The van der Waals surface area contributed by atoms with Crippen molar-refractivity contribution in [1.29, 1.82) is 0 Å². The molecule has 0 spiro atoms. The van der Waals surface area contributed by atoms with E-state index in [1.165, 1.54) is 12.1 Å². The molecule has 0 saturated carbocycles. The lowest BCUT2D eigenvalue weighted by Gasteiger charge is -2.19. The van der Waals surface area contributed by atoms with Crippen LogP contribution >= 0.6 is 11.6 Å². The van der Waals surface area contributed by atoms with Crippen LogP contribution in [-0.4, -0.2) is 29.3 Å². The molecule has 0 aliphatic rings. The molecular formula is C15H23ClO4S. The Morgan fingerprint density at radius 3 is 2.62 bits per heavy atom. The monoisotopic (exact) mass is 340 g/mol. The molecule has 1 aromatic rings. The number of halogens is 1. The van der Waals surface area contributed by atoms with Crippen molar-refractivity contribution >= 4 is 23.0 Å². The van der Waals surface area contributed by atoms with Crippen LogP contribution in [0.2, 0.25) is 0 Å². The summed E-state index contributed by atoms with van der Waals surface area (Å²) in [6.07, 6.45) is -3.32. The highest BCUT2D eigenvalue weighted by Crippen LogP contribution is 2.24. The minimum atomic E-state index is -3.33. The molecule has 1 rings (SSSR count). The Morgan fingerprint density at radius 1 is 1.43 bits per heavy atom. The van der Waals surface area contributed by atoms with Crippen molar-refractivity contribution < 1.29 is 25.5 Å². The van der Waals surface area contributed by atoms with E-state index in [1.807, 2.05) is 20.8 Å². The van der Waals surface area contributed by atoms with Crippen LogP contribution in [0.25, 0.3) is 0 Å². The Kier molecular flexibility index (Phi) is 4.57. The zero-order valence-corrected chi connectivity index (χ0v) is 13.7. The fraction of sp³-hybridized carbons (Fsp3) is 0.600. The topological polar surface area (TPSA) is 44.8 Å². The number of rotatable bonds is 8. The Labute approximate surface area is 143 Å². The maximum absolute atomic E-state index is 11.7. The van der Waals surface area contributed by atoms with E-state index < -0.39 is 30.9 Å². The van der Waals surface area contributed by atoms with Gasteiger partial charge in [-0.25, -0.2) is 0 Å². The summed E-state index contributed by atoms with van der Waals surface area (Å²) in [6, 6.07) is 6.32. The number of ether oxygens (including phenoxy) is 1. The maximum atomic E-state index is 11.7. The third-order valence-corrected chi connectivity index (χ3v) is 3.21. The molecule has 0 aliphatic carbocycles.